The molecular formula is C24H35N5O. The van der Waals surface area contributed by atoms with Crippen molar-refractivity contribution in [1.82, 2.24) is 24.5 Å². The van der Waals surface area contributed by atoms with Gasteiger partial charge < -0.3 is 4.90 Å². The Hall–Kier alpha value is -2.18. The molecule has 1 aromatic heterocycles. The van der Waals surface area contributed by atoms with Gasteiger partial charge in [-0.05, 0) is 38.4 Å². The number of aryl methyl sites for hydroxylation is 2. The van der Waals surface area contributed by atoms with Crippen LogP contribution < -0.4 is 0 Å². The van der Waals surface area contributed by atoms with Crippen molar-refractivity contribution in [3.63, 3.8) is 0 Å². The van der Waals surface area contributed by atoms with E-state index in [1.165, 1.54) is 5.56 Å². The number of benzene rings is 1. The summed E-state index contributed by atoms with van der Waals surface area (Å²) >= 11 is 0. The summed E-state index contributed by atoms with van der Waals surface area (Å²) < 4.78 is 2.05. The number of hydrogen-bond donors (Lipinski definition) is 0. The van der Waals surface area contributed by atoms with E-state index in [-0.39, 0.29) is 17.4 Å². The molecule has 0 radical (unpaired) electrons. The molecule has 4 rings (SSSR count). The summed E-state index contributed by atoms with van der Waals surface area (Å²) in [4.78, 5) is 19.9. The molecule has 0 saturated carbocycles. The number of rotatable bonds is 7. The molecule has 30 heavy (non-hydrogen) atoms. The number of hydrogen-bond acceptors (Lipinski definition) is 4. The van der Waals surface area contributed by atoms with Crippen molar-refractivity contribution in [1.29, 1.82) is 0 Å². The fraction of sp³-hybridized carbons (Fsp3) is 0.583. The second kappa shape index (κ2) is 8.52. The first-order chi connectivity index (χ1) is 14.4. The molecule has 3 heterocycles. The lowest BCUT2D eigenvalue weighted by atomic mass is 9.77. The van der Waals surface area contributed by atoms with Gasteiger partial charge in [0.05, 0.1) is 24.0 Å². The Bertz CT molecular complexity index is 871. The van der Waals surface area contributed by atoms with Gasteiger partial charge in [-0.25, -0.2) is 0 Å². The highest BCUT2D eigenvalue weighted by Gasteiger charge is 2.52. The third-order valence-electron chi connectivity index (χ3n) is 6.59. The molecule has 0 bridgehead atoms. The Morgan fingerprint density at radius 1 is 1.23 bits per heavy atom. The van der Waals surface area contributed by atoms with Crippen molar-refractivity contribution in [2.24, 2.45) is 5.41 Å². The third kappa shape index (κ3) is 4.30. The number of carbonyl (C=O) groups is 1. The van der Waals surface area contributed by atoms with Crippen molar-refractivity contribution in [3.05, 3.63) is 53.3 Å². The first-order valence-electron chi connectivity index (χ1n) is 11.1. The first-order valence-corrected chi connectivity index (χ1v) is 11.1. The standard InChI is InChI=1S/C24H35N5O/c1-5-11-29-21(12-19(2)25-29)15-26(3)23(30)22-13-24(16-27(22)4)17-28(18-24)14-20-9-7-6-8-10-20/h6-10,12,22H,5,11,13-18H2,1-4H3/t22-/m0/s1. The van der Waals surface area contributed by atoms with Gasteiger partial charge >= 0.3 is 0 Å². The van der Waals surface area contributed by atoms with Crippen molar-refractivity contribution >= 4 is 5.91 Å². The average Bonchev–Trinajstić information content (AvgIpc) is 3.21. The molecule has 0 N–H and O–H groups in total. The van der Waals surface area contributed by atoms with Gasteiger partial charge in [0.25, 0.3) is 0 Å². The number of likely N-dealkylation sites (tertiary alicyclic amines) is 2. The smallest absolute Gasteiger partial charge is 0.240 e. The van der Waals surface area contributed by atoms with Crippen LogP contribution in [0.25, 0.3) is 0 Å². The summed E-state index contributed by atoms with van der Waals surface area (Å²) in [6.45, 7) is 9.88. The fourth-order valence-corrected chi connectivity index (χ4v) is 5.34. The van der Waals surface area contributed by atoms with Crippen molar-refractivity contribution in [2.45, 2.75) is 52.4 Å². The maximum Gasteiger partial charge on any atom is 0.240 e. The predicted octanol–water partition coefficient (Wildman–Crippen LogP) is 2.77. The van der Waals surface area contributed by atoms with Crippen LogP contribution in [0.2, 0.25) is 0 Å². The summed E-state index contributed by atoms with van der Waals surface area (Å²) in [5, 5.41) is 4.58. The SMILES string of the molecule is CCCn1nc(C)cc1CN(C)C(=O)[C@@H]1CC2(CN(Cc3ccccc3)C2)CN1C. The van der Waals surface area contributed by atoms with E-state index in [9.17, 15) is 4.79 Å². The Morgan fingerprint density at radius 2 is 1.97 bits per heavy atom. The van der Waals surface area contributed by atoms with Crippen LogP contribution in [0.4, 0.5) is 0 Å². The van der Waals surface area contributed by atoms with E-state index >= 15 is 0 Å². The minimum absolute atomic E-state index is 0.0162. The van der Waals surface area contributed by atoms with Gasteiger partial charge in [0.2, 0.25) is 5.91 Å². The highest BCUT2D eigenvalue weighted by atomic mass is 16.2. The van der Waals surface area contributed by atoms with E-state index in [4.69, 9.17) is 0 Å². The lowest BCUT2D eigenvalue weighted by Crippen LogP contribution is -2.56. The predicted molar refractivity (Wildman–Crippen MR) is 119 cm³/mol. The molecule has 1 atom stereocenters. The zero-order valence-corrected chi connectivity index (χ0v) is 18.8. The van der Waals surface area contributed by atoms with Gasteiger partial charge in [-0.3, -0.25) is 19.3 Å². The maximum atomic E-state index is 13.3. The van der Waals surface area contributed by atoms with E-state index in [0.29, 0.717) is 6.54 Å². The largest absolute Gasteiger partial charge is 0.339 e. The average molecular weight is 410 g/mol. The summed E-state index contributed by atoms with van der Waals surface area (Å²) in [6.07, 6.45) is 2.00. The van der Waals surface area contributed by atoms with Crippen LogP contribution in [-0.2, 0) is 24.4 Å². The molecule has 1 amide bonds. The highest BCUT2D eigenvalue weighted by molar-refractivity contribution is 5.82. The van der Waals surface area contributed by atoms with E-state index in [1.807, 2.05) is 23.6 Å². The molecule has 0 aliphatic carbocycles. The van der Waals surface area contributed by atoms with Crippen molar-refractivity contribution < 1.29 is 4.79 Å². The van der Waals surface area contributed by atoms with E-state index < -0.39 is 0 Å². The van der Waals surface area contributed by atoms with E-state index in [1.54, 1.807) is 0 Å². The molecule has 162 valence electrons. The lowest BCUT2D eigenvalue weighted by molar-refractivity contribution is -0.135. The molecular weight excluding hydrogens is 374 g/mol. The second-order valence-electron chi connectivity index (χ2n) is 9.46. The lowest BCUT2D eigenvalue weighted by Gasteiger charge is -2.48. The number of aromatic nitrogens is 2. The third-order valence-corrected chi connectivity index (χ3v) is 6.59. The number of carbonyl (C=O) groups excluding carboxylic acids is 1. The Kier molecular flexibility index (Phi) is 5.98. The molecule has 2 saturated heterocycles. The summed E-state index contributed by atoms with van der Waals surface area (Å²) in [7, 11) is 4.04. The Balaban J connectivity index is 1.34. The quantitative estimate of drug-likeness (QED) is 0.705. The topological polar surface area (TPSA) is 44.6 Å². The van der Waals surface area contributed by atoms with Crippen LogP contribution in [0.5, 0.6) is 0 Å². The Morgan fingerprint density at radius 3 is 2.67 bits per heavy atom. The minimum atomic E-state index is -0.0162. The number of likely N-dealkylation sites (N-methyl/N-ethyl adjacent to an activating group) is 2. The Labute approximate surface area is 180 Å². The van der Waals surface area contributed by atoms with Gasteiger partial charge in [-0.15, -0.1) is 0 Å². The van der Waals surface area contributed by atoms with Gasteiger partial charge in [0.15, 0.2) is 0 Å². The maximum absolute atomic E-state index is 13.3. The minimum Gasteiger partial charge on any atom is -0.339 e. The summed E-state index contributed by atoms with van der Waals surface area (Å²) in [5.74, 6) is 0.234. The van der Waals surface area contributed by atoms with Gasteiger partial charge in [-0.1, -0.05) is 37.3 Å². The monoisotopic (exact) mass is 409 g/mol. The molecule has 6 heteroatoms. The molecule has 2 fully saturated rings. The molecule has 1 spiro atoms. The van der Waals surface area contributed by atoms with Crippen LogP contribution in [0, 0.1) is 12.3 Å². The van der Waals surface area contributed by atoms with Gasteiger partial charge in [0, 0.05) is 45.2 Å². The van der Waals surface area contributed by atoms with E-state index in [2.05, 4.69) is 65.3 Å². The van der Waals surface area contributed by atoms with Crippen LogP contribution in [0.1, 0.15) is 36.7 Å². The summed E-state index contributed by atoms with van der Waals surface area (Å²) in [6, 6.07) is 12.7. The van der Waals surface area contributed by atoms with Crippen LogP contribution in [0.15, 0.2) is 36.4 Å². The highest BCUT2D eigenvalue weighted by Crippen LogP contribution is 2.43. The van der Waals surface area contributed by atoms with Gasteiger partial charge in [-0.2, -0.15) is 5.10 Å². The summed E-state index contributed by atoms with van der Waals surface area (Å²) in [5.41, 5.74) is 3.78. The molecule has 2 aromatic rings. The first kappa shape index (κ1) is 21.1. The second-order valence-corrected chi connectivity index (χ2v) is 9.46. The molecule has 2 aliphatic rings. The molecule has 2 aliphatic heterocycles. The zero-order chi connectivity index (χ0) is 21.3. The number of amides is 1. The zero-order valence-electron chi connectivity index (χ0n) is 18.8. The number of nitrogens with zero attached hydrogens (tertiary/aromatic N) is 5. The van der Waals surface area contributed by atoms with Crippen molar-refractivity contribution in [3.8, 4) is 0 Å². The fourth-order valence-electron chi connectivity index (χ4n) is 5.34. The normalized spacial score (nSPS) is 21.1. The van der Waals surface area contributed by atoms with Crippen LogP contribution in [0.3, 0.4) is 0 Å². The van der Waals surface area contributed by atoms with E-state index in [0.717, 1.165) is 57.0 Å². The van der Waals surface area contributed by atoms with Crippen LogP contribution in [-0.4, -0.2) is 70.2 Å². The molecule has 0 unspecified atom stereocenters. The van der Waals surface area contributed by atoms with Gasteiger partial charge in [0.1, 0.15) is 0 Å². The molecule has 6 nitrogen and oxygen atoms in total. The van der Waals surface area contributed by atoms with Crippen LogP contribution >= 0.6 is 0 Å². The van der Waals surface area contributed by atoms with Crippen molar-refractivity contribution in [2.75, 3.05) is 33.7 Å². The molecule has 1 aromatic carbocycles.